The second-order valence-electron chi connectivity index (χ2n) is 4.42. The van der Waals surface area contributed by atoms with Crippen LogP contribution in [0.15, 0.2) is 24.3 Å². The van der Waals surface area contributed by atoms with E-state index in [1.54, 1.807) is 0 Å². The van der Waals surface area contributed by atoms with E-state index in [1.165, 1.54) is 14.0 Å². The average Bonchev–Trinajstić information content (AvgIpc) is 2.35. The first-order chi connectivity index (χ1) is 9.02. The van der Waals surface area contributed by atoms with E-state index in [-0.39, 0.29) is 18.4 Å². The van der Waals surface area contributed by atoms with Gasteiger partial charge in [0.15, 0.2) is 0 Å². The Morgan fingerprint density at radius 2 is 2.11 bits per heavy atom. The maximum atomic E-state index is 11.9. The summed E-state index contributed by atoms with van der Waals surface area (Å²) in [5, 5.41) is 5.34. The van der Waals surface area contributed by atoms with E-state index in [0.717, 1.165) is 11.1 Å². The van der Waals surface area contributed by atoms with Gasteiger partial charge in [0.1, 0.15) is 6.04 Å². The number of carbonyl (C=O) groups is 2. The van der Waals surface area contributed by atoms with E-state index < -0.39 is 6.04 Å². The van der Waals surface area contributed by atoms with Crippen molar-refractivity contribution in [2.24, 2.45) is 0 Å². The maximum absolute atomic E-state index is 11.9. The highest BCUT2D eigenvalue weighted by molar-refractivity contribution is 5.86. The zero-order valence-electron chi connectivity index (χ0n) is 11.5. The van der Waals surface area contributed by atoms with Crippen LogP contribution in [0, 0.1) is 6.92 Å². The van der Waals surface area contributed by atoms with E-state index in [2.05, 4.69) is 10.6 Å². The minimum atomic E-state index is -0.660. The number of nitrogens with one attached hydrogen (secondary N) is 2. The summed E-state index contributed by atoms with van der Waals surface area (Å²) in [6.45, 7) is 3.95. The second-order valence-corrected chi connectivity index (χ2v) is 4.42. The van der Waals surface area contributed by atoms with Crippen LogP contribution in [0.1, 0.15) is 18.1 Å². The van der Waals surface area contributed by atoms with Crippen LogP contribution < -0.4 is 10.6 Å². The van der Waals surface area contributed by atoms with Gasteiger partial charge in [-0.1, -0.05) is 29.8 Å². The lowest BCUT2D eigenvalue weighted by Crippen LogP contribution is -2.48. The fourth-order valence-corrected chi connectivity index (χ4v) is 1.73. The largest absolute Gasteiger partial charge is 0.382 e. The molecule has 0 saturated carbocycles. The normalized spacial score (nSPS) is 11.7. The fourth-order valence-electron chi connectivity index (χ4n) is 1.73. The van der Waals surface area contributed by atoms with Crippen LogP contribution in [0.3, 0.4) is 0 Å². The third-order valence-corrected chi connectivity index (χ3v) is 2.58. The van der Waals surface area contributed by atoms with E-state index in [9.17, 15) is 9.59 Å². The fraction of sp³-hybridized carbons (Fsp3) is 0.429. The number of rotatable bonds is 6. The highest BCUT2D eigenvalue weighted by atomic mass is 16.5. The molecule has 2 N–H and O–H groups in total. The van der Waals surface area contributed by atoms with Gasteiger partial charge in [0.2, 0.25) is 11.8 Å². The van der Waals surface area contributed by atoms with Gasteiger partial charge in [-0.2, -0.15) is 0 Å². The van der Waals surface area contributed by atoms with Crippen molar-refractivity contribution < 1.29 is 14.3 Å². The molecule has 5 nitrogen and oxygen atoms in total. The topological polar surface area (TPSA) is 67.4 Å². The smallest absolute Gasteiger partial charge is 0.245 e. The Morgan fingerprint density at radius 3 is 2.68 bits per heavy atom. The number of amides is 2. The van der Waals surface area contributed by atoms with E-state index in [4.69, 9.17) is 4.74 Å². The number of carbonyl (C=O) groups excluding carboxylic acids is 2. The second kappa shape index (κ2) is 7.53. The van der Waals surface area contributed by atoms with Crippen molar-refractivity contribution in [3.63, 3.8) is 0 Å². The molecule has 1 aromatic carbocycles. The maximum Gasteiger partial charge on any atom is 0.245 e. The summed E-state index contributed by atoms with van der Waals surface area (Å²) < 4.78 is 4.92. The molecular formula is C14H20N2O3. The molecule has 0 aliphatic rings. The third kappa shape index (κ3) is 5.52. The summed E-state index contributed by atoms with van der Waals surface area (Å²) in [7, 11) is 1.49. The molecule has 0 aromatic heterocycles. The van der Waals surface area contributed by atoms with Crippen molar-refractivity contribution in [2.75, 3.05) is 13.7 Å². The first kappa shape index (κ1) is 15.2. The number of benzene rings is 1. The Balaban J connectivity index is 2.54. The van der Waals surface area contributed by atoms with Gasteiger partial charge in [0, 0.05) is 20.6 Å². The molecule has 1 aromatic rings. The predicted octanol–water partition coefficient (Wildman–Crippen LogP) is 0.762. The van der Waals surface area contributed by atoms with Crippen LogP contribution in [0.2, 0.25) is 0 Å². The van der Waals surface area contributed by atoms with Gasteiger partial charge in [-0.05, 0) is 12.5 Å². The van der Waals surface area contributed by atoms with E-state index >= 15 is 0 Å². The number of ether oxygens (including phenoxy) is 1. The lowest BCUT2D eigenvalue weighted by Gasteiger charge is -2.16. The molecule has 0 saturated heterocycles. The highest BCUT2D eigenvalue weighted by Gasteiger charge is 2.18. The standard InChI is InChI=1S/C14H20N2O3/c1-10-5-4-6-12(7-10)8-15-14(18)13(9-19-3)16-11(2)17/h4-7,13H,8-9H2,1-3H3,(H,15,18)(H,16,17)/t13-/m1/s1. The van der Waals surface area contributed by atoms with Crippen molar-refractivity contribution in [1.29, 1.82) is 0 Å². The quantitative estimate of drug-likeness (QED) is 0.797. The van der Waals surface area contributed by atoms with Crippen LogP contribution >= 0.6 is 0 Å². The van der Waals surface area contributed by atoms with Crippen molar-refractivity contribution in [2.45, 2.75) is 26.4 Å². The molecule has 0 aliphatic carbocycles. The average molecular weight is 264 g/mol. The summed E-state index contributed by atoms with van der Waals surface area (Å²) in [5.74, 6) is -0.508. The minimum absolute atomic E-state index is 0.152. The molecule has 0 heterocycles. The Morgan fingerprint density at radius 1 is 1.37 bits per heavy atom. The molecule has 0 unspecified atom stereocenters. The molecule has 0 aliphatic heterocycles. The molecule has 19 heavy (non-hydrogen) atoms. The molecule has 0 radical (unpaired) electrons. The Hall–Kier alpha value is -1.88. The molecular weight excluding hydrogens is 244 g/mol. The van der Waals surface area contributed by atoms with E-state index in [0.29, 0.717) is 6.54 Å². The lowest BCUT2D eigenvalue weighted by atomic mass is 10.1. The van der Waals surface area contributed by atoms with E-state index in [1.807, 2.05) is 31.2 Å². The monoisotopic (exact) mass is 264 g/mol. The summed E-state index contributed by atoms with van der Waals surface area (Å²) in [5.41, 5.74) is 2.16. The summed E-state index contributed by atoms with van der Waals surface area (Å²) in [6.07, 6.45) is 0. The Labute approximate surface area is 113 Å². The molecule has 0 bridgehead atoms. The van der Waals surface area contributed by atoms with Gasteiger partial charge in [-0.3, -0.25) is 9.59 Å². The zero-order chi connectivity index (χ0) is 14.3. The van der Waals surface area contributed by atoms with Gasteiger partial charge in [-0.25, -0.2) is 0 Å². The van der Waals surface area contributed by atoms with Gasteiger partial charge in [0.25, 0.3) is 0 Å². The molecule has 0 fully saturated rings. The van der Waals surface area contributed by atoms with Crippen LogP contribution in [0.4, 0.5) is 0 Å². The zero-order valence-corrected chi connectivity index (χ0v) is 11.5. The van der Waals surface area contributed by atoms with Gasteiger partial charge >= 0.3 is 0 Å². The first-order valence-corrected chi connectivity index (χ1v) is 6.12. The third-order valence-electron chi connectivity index (χ3n) is 2.58. The SMILES string of the molecule is COC[C@@H](NC(C)=O)C(=O)NCc1cccc(C)c1. The van der Waals surface area contributed by atoms with Gasteiger partial charge in [0.05, 0.1) is 6.61 Å². The Kier molecular flexibility index (Phi) is 6.02. The molecule has 2 amide bonds. The van der Waals surface area contributed by atoms with Crippen LogP contribution in [0.25, 0.3) is 0 Å². The van der Waals surface area contributed by atoms with Crippen molar-refractivity contribution in [3.05, 3.63) is 35.4 Å². The van der Waals surface area contributed by atoms with Crippen molar-refractivity contribution in [3.8, 4) is 0 Å². The van der Waals surface area contributed by atoms with Gasteiger partial charge in [-0.15, -0.1) is 0 Å². The van der Waals surface area contributed by atoms with Gasteiger partial charge < -0.3 is 15.4 Å². The van der Waals surface area contributed by atoms with Crippen molar-refractivity contribution >= 4 is 11.8 Å². The van der Waals surface area contributed by atoms with Crippen LogP contribution in [-0.2, 0) is 20.9 Å². The highest BCUT2D eigenvalue weighted by Crippen LogP contribution is 2.03. The molecule has 1 atom stereocenters. The summed E-state index contributed by atoms with van der Waals surface area (Å²) >= 11 is 0. The predicted molar refractivity (Wildman–Crippen MR) is 72.5 cm³/mol. The number of methoxy groups -OCH3 is 1. The molecule has 104 valence electrons. The molecule has 1 rings (SSSR count). The number of aryl methyl sites for hydroxylation is 1. The number of hydrogen-bond donors (Lipinski definition) is 2. The summed E-state index contributed by atoms with van der Waals surface area (Å²) in [4.78, 5) is 22.9. The molecule has 5 heteroatoms. The lowest BCUT2D eigenvalue weighted by molar-refractivity contribution is -0.129. The number of hydrogen-bond acceptors (Lipinski definition) is 3. The van der Waals surface area contributed by atoms with Crippen molar-refractivity contribution in [1.82, 2.24) is 10.6 Å². The first-order valence-electron chi connectivity index (χ1n) is 6.12. The van der Waals surface area contributed by atoms with Crippen LogP contribution in [0.5, 0.6) is 0 Å². The molecule has 0 spiro atoms. The Bertz CT molecular complexity index is 446. The minimum Gasteiger partial charge on any atom is -0.382 e. The summed E-state index contributed by atoms with van der Waals surface area (Å²) in [6, 6.07) is 7.22. The van der Waals surface area contributed by atoms with Crippen LogP contribution in [-0.4, -0.2) is 31.6 Å².